The lowest BCUT2D eigenvalue weighted by molar-refractivity contribution is 0.0931. The molecule has 1 aliphatic rings. The zero-order valence-electron chi connectivity index (χ0n) is 9.71. The van der Waals surface area contributed by atoms with E-state index in [4.69, 9.17) is 23.2 Å². The number of halogens is 3. The van der Waals surface area contributed by atoms with Gasteiger partial charge in [-0.3, -0.25) is 4.79 Å². The van der Waals surface area contributed by atoms with Crippen molar-refractivity contribution in [3.8, 4) is 0 Å². The van der Waals surface area contributed by atoms with Crippen LogP contribution in [0, 0.1) is 0 Å². The molecule has 1 aliphatic heterocycles. The molecule has 1 heterocycles. The number of rotatable bonds is 2. The first-order chi connectivity index (χ1) is 8.16. The van der Waals surface area contributed by atoms with Crippen molar-refractivity contribution in [1.29, 1.82) is 0 Å². The van der Waals surface area contributed by atoms with Gasteiger partial charge >= 0.3 is 0 Å². The number of hydrogen-bond donors (Lipinski definition) is 2. The van der Waals surface area contributed by atoms with E-state index in [9.17, 15) is 4.79 Å². The molecular formula is C12H15Cl3N2O. The van der Waals surface area contributed by atoms with Crippen molar-refractivity contribution >= 4 is 41.5 Å². The van der Waals surface area contributed by atoms with Crippen molar-refractivity contribution in [3.63, 3.8) is 0 Å². The number of amides is 1. The van der Waals surface area contributed by atoms with Crippen molar-refractivity contribution in [2.45, 2.75) is 18.9 Å². The van der Waals surface area contributed by atoms with Gasteiger partial charge in [0, 0.05) is 17.6 Å². The van der Waals surface area contributed by atoms with Crippen LogP contribution in [0.2, 0.25) is 10.0 Å². The number of piperidine rings is 1. The molecule has 3 nitrogen and oxygen atoms in total. The van der Waals surface area contributed by atoms with Crippen LogP contribution >= 0.6 is 35.6 Å². The van der Waals surface area contributed by atoms with Gasteiger partial charge < -0.3 is 10.6 Å². The number of hydrogen-bond acceptors (Lipinski definition) is 2. The molecule has 1 aromatic rings. The second-order valence-electron chi connectivity index (χ2n) is 4.14. The van der Waals surface area contributed by atoms with Crippen LogP contribution in [0.5, 0.6) is 0 Å². The molecule has 0 spiro atoms. The van der Waals surface area contributed by atoms with Gasteiger partial charge in [0.2, 0.25) is 0 Å². The molecule has 1 unspecified atom stereocenters. The van der Waals surface area contributed by atoms with E-state index in [2.05, 4.69) is 10.6 Å². The third-order valence-electron chi connectivity index (χ3n) is 2.81. The molecule has 0 aliphatic carbocycles. The zero-order chi connectivity index (χ0) is 12.3. The third kappa shape index (κ3) is 4.02. The first kappa shape index (κ1) is 15.6. The summed E-state index contributed by atoms with van der Waals surface area (Å²) in [6, 6.07) is 5.07. The first-order valence-corrected chi connectivity index (χ1v) is 6.39. The highest BCUT2D eigenvalue weighted by molar-refractivity contribution is 6.35. The summed E-state index contributed by atoms with van der Waals surface area (Å²) >= 11 is 11.8. The lowest BCUT2D eigenvalue weighted by Crippen LogP contribution is -2.45. The maximum atomic E-state index is 12.0. The molecule has 1 aromatic carbocycles. The summed E-state index contributed by atoms with van der Waals surface area (Å²) in [5.74, 6) is -0.161. The molecular weight excluding hydrogens is 295 g/mol. The van der Waals surface area contributed by atoms with Crippen LogP contribution < -0.4 is 10.6 Å². The van der Waals surface area contributed by atoms with E-state index >= 15 is 0 Å². The van der Waals surface area contributed by atoms with Gasteiger partial charge in [-0.2, -0.15) is 0 Å². The van der Waals surface area contributed by atoms with Gasteiger partial charge in [-0.15, -0.1) is 12.4 Å². The second kappa shape index (κ2) is 7.19. The minimum atomic E-state index is -0.161. The molecule has 0 radical (unpaired) electrons. The molecule has 100 valence electrons. The Morgan fingerprint density at radius 3 is 2.83 bits per heavy atom. The highest BCUT2D eigenvalue weighted by Crippen LogP contribution is 2.20. The fraction of sp³-hybridized carbons (Fsp3) is 0.417. The van der Waals surface area contributed by atoms with Crippen LogP contribution in [-0.4, -0.2) is 25.0 Å². The highest BCUT2D eigenvalue weighted by Gasteiger charge is 2.18. The minimum absolute atomic E-state index is 0. The topological polar surface area (TPSA) is 41.1 Å². The number of carbonyl (C=O) groups is 1. The standard InChI is InChI=1S/C12H14Cl2N2O.ClH/c13-8-3-4-11(14)10(6-8)12(17)16-9-2-1-5-15-7-9;/h3-4,6,9,15H,1-2,5,7H2,(H,16,17);1H. The van der Waals surface area contributed by atoms with Crippen LogP contribution in [0.3, 0.4) is 0 Å². The molecule has 1 fully saturated rings. The predicted octanol–water partition coefficient (Wildman–Crippen LogP) is 2.90. The molecule has 1 saturated heterocycles. The Kier molecular flexibility index (Phi) is 6.22. The van der Waals surface area contributed by atoms with E-state index in [0.717, 1.165) is 25.9 Å². The van der Waals surface area contributed by atoms with E-state index in [1.165, 1.54) is 0 Å². The summed E-state index contributed by atoms with van der Waals surface area (Å²) in [5.41, 5.74) is 0.435. The Bertz CT molecular complexity index is 420. The lowest BCUT2D eigenvalue weighted by atomic mass is 10.1. The van der Waals surface area contributed by atoms with Gasteiger partial charge in [0.25, 0.3) is 5.91 Å². The number of nitrogens with one attached hydrogen (secondary N) is 2. The van der Waals surface area contributed by atoms with Gasteiger partial charge in [-0.05, 0) is 37.6 Å². The average molecular weight is 310 g/mol. The summed E-state index contributed by atoms with van der Waals surface area (Å²) in [5, 5.41) is 7.14. The summed E-state index contributed by atoms with van der Waals surface area (Å²) in [6.07, 6.45) is 2.07. The van der Waals surface area contributed by atoms with Crippen LogP contribution in [0.15, 0.2) is 18.2 Å². The second-order valence-corrected chi connectivity index (χ2v) is 4.98. The van der Waals surface area contributed by atoms with Gasteiger partial charge in [-0.25, -0.2) is 0 Å². The van der Waals surface area contributed by atoms with E-state index < -0.39 is 0 Å². The Balaban J connectivity index is 0.00000162. The fourth-order valence-corrected chi connectivity index (χ4v) is 2.29. The normalized spacial score (nSPS) is 18.9. The molecule has 6 heteroatoms. The van der Waals surface area contributed by atoms with Crippen molar-refractivity contribution < 1.29 is 4.79 Å². The van der Waals surface area contributed by atoms with Crippen LogP contribution in [0.25, 0.3) is 0 Å². The predicted molar refractivity (Wildman–Crippen MR) is 77.1 cm³/mol. The largest absolute Gasteiger partial charge is 0.348 e. The lowest BCUT2D eigenvalue weighted by Gasteiger charge is -2.24. The summed E-state index contributed by atoms with van der Waals surface area (Å²) < 4.78 is 0. The Morgan fingerprint density at radius 2 is 2.17 bits per heavy atom. The molecule has 18 heavy (non-hydrogen) atoms. The molecule has 0 aromatic heterocycles. The average Bonchev–Trinajstić information content (AvgIpc) is 2.33. The van der Waals surface area contributed by atoms with E-state index in [1.54, 1.807) is 18.2 Å². The molecule has 2 N–H and O–H groups in total. The van der Waals surface area contributed by atoms with Crippen LogP contribution in [-0.2, 0) is 0 Å². The van der Waals surface area contributed by atoms with Crippen LogP contribution in [0.1, 0.15) is 23.2 Å². The monoisotopic (exact) mass is 308 g/mol. The molecule has 2 rings (SSSR count). The van der Waals surface area contributed by atoms with E-state index in [-0.39, 0.29) is 24.4 Å². The van der Waals surface area contributed by atoms with E-state index in [0.29, 0.717) is 15.6 Å². The zero-order valence-corrected chi connectivity index (χ0v) is 12.0. The Morgan fingerprint density at radius 1 is 1.39 bits per heavy atom. The van der Waals surface area contributed by atoms with E-state index in [1.807, 2.05) is 0 Å². The highest BCUT2D eigenvalue weighted by atomic mass is 35.5. The molecule has 0 bridgehead atoms. The minimum Gasteiger partial charge on any atom is -0.348 e. The first-order valence-electron chi connectivity index (χ1n) is 5.63. The summed E-state index contributed by atoms with van der Waals surface area (Å²) in [6.45, 7) is 1.83. The maximum absolute atomic E-state index is 12.0. The van der Waals surface area contributed by atoms with Crippen molar-refractivity contribution in [2.75, 3.05) is 13.1 Å². The summed E-state index contributed by atoms with van der Waals surface area (Å²) in [7, 11) is 0. The Labute approximate surface area is 123 Å². The fourth-order valence-electron chi connectivity index (χ4n) is 1.91. The van der Waals surface area contributed by atoms with Crippen LogP contribution in [0.4, 0.5) is 0 Å². The van der Waals surface area contributed by atoms with Gasteiger partial charge in [-0.1, -0.05) is 23.2 Å². The van der Waals surface area contributed by atoms with Crippen molar-refractivity contribution in [3.05, 3.63) is 33.8 Å². The van der Waals surface area contributed by atoms with Gasteiger partial charge in [0.15, 0.2) is 0 Å². The van der Waals surface area contributed by atoms with Gasteiger partial charge in [0.05, 0.1) is 10.6 Å². The van der Waals surface area contributed by atoms with Crippen molar-refractivity contribution in [2.24, 2.45) is 0 Å². The Hall–Kier alpha value is -0.480. The quantitative estimate of drug-likeness (QED) is 0.882. The third-order valence-corrected chi connectivity index (χ3v) is 3.37. The molecule has 1 amide bonds. The number of benzene rings is 1. The van der Waals surface area contributed by atoms with Crippen molar-refractivity contribution in [1.82, 2.24) is 10.6 Å². The molecule has 0 saturated carbocycles. The smallest absolute Gasteiger partial charge is 0.253 e. The maximum Gasteiger partial charge on any atom is 0.253 e. The number of carbonyl (C=O) groups excluding carboxylic acids is 1. The SMILES string of the molecule is Cl.O=C(NC1CCCNC1)c1cc(Cl)ccc1Cl. The molecule has 1 atom stereocenters. The van der Waals surface area contributed by atoms with Gasteiger partial charge in [0.1, 0.15) is 0 Å². The summed E-state index contributed by atoms with van der Waals surface area (Å²) in [4.78, 5) is 12.0.